The third-order valence-electron chi connectivity index (χ3n) is 3.17. The van der Waals surface area contributed by atoms with E-state index in [0.717, 1.165) is 18.4 Å². The van der Waals surface area contributed by atoms with E-state index in [4.69, 9.17) is 0 Å². The van der Waals surface area contributed by atoms with E-state index in [-0.39, 0.29) is 6.42 Å². The molecule has 3 heterocycles. The van der Waals surface area contributed by atoms with Gasteiger partial charge in [-0.2, -0.15) is 5.10 Å². The summed E-state index contributed by atoms with van der Waals surface area (Å²) in [6, 6.07) is 0.509. The number of nitrogens with zero attached hydrogens (tertiary/aromatic N) is 3. The summed E-state index contributed by atoms with van der Waals surface area (Å²) in [5.74, 6) is -1.13. The standard InChI is InChI=1S/C12H9N3O3S/c16-9-3-8-10(12(17)18-9)19-11(14-8)6-4-13-15(5-6)7-1-2-7/h4-5,7H,1-3H2. The summed E-state index contributed by atoms with van der Waals surface area (Å²) in [6.07, 6.45) is 6.08. The molecule has 1 saturated carbocycles. The fourth-order valence-electron chi connectivity index (χ4n) is 2.06. The quantitative estimate of drug-likeness (QED) is 0.614. The number of cyclic esters (lactones) is 2. The summed E-state index contributed by atoms with van der Waals surface area (Å²) in [6.45, 7) is 0. The minimum Gasteiger partial charge on any atom is -0.388 e. The lowest BCUT2D eigenvalue weighted by atomic mass is 10.2. The van der Waals surface area contributed by atoms with Gasteiger partial charge in [-0.05, 0) is 12.8 Å². The Bertz CT molecular complexity index is 699. The Morgan fingerprint density at radius 3 is 3.00 bits per heavy atom. The van der Waals surface area contributed by atoms with Crippen LogP contribution < -0.4 is 0 Å². The van der Waals surface area contributed by atoms with Gasteiger partial charge >= 0.3 is 11.9 Å². The third kappa shape index (κ3) is 1.77. The van der Waals surface area contributed by atoms with Crippen molar-refractivity contribution >= 4 is 23.3 Å². The first-order valence-electron chi connectivity index (χ1n) is 6.00. The SMILES string of the molecule is O=C1Cc2nc(-c3cnn(C4CC4)c3)sc2C(=O)O1. The Labute approximate surface area is 112 Å². The lowest BCUT2D eigenvalue weighted by Gasteiger charge is -2.06. The van der Waals surface area contributed by atoms with E-state index >= 15 is 0 Å². The normalized spacial score (nSPS) is 18.3. The Morgan fingerprint density at radius 2 is 2.21 bits per heavy atom. The molecule has 0 bridgehead atoms. The number of hydrogen-bond donors (Lipinski definition) is 0. The monoisotopic (exact) mass is 275 g/mol. The van der Waals surface area contributed by atoms with Gasteiger partial charge < -0.3 is 4.74 Å². The second-order valence-electron chi connectivity index (χ2n) is 4.67. The van der Waals surface area contributed by atoms with Crippen molar-refractivity contribution in [3.63, 3.8) is 0 Å². The zero-order chi connectivity index (χ0) is 13.0. The van der Waals surface area contributed by atoms with Crippen LogP contribution in [0.5, 0.6) is 0 Å². The number of carbonyl (C=O) groups is 2. The smallest absolute Gasteiger partial charge is 0.357 e. The molecule has 0 atom stereocenters. The van der Waals surface area contributed by atoms with Crippen LogP contribution in [0.2, 0.25) is 0 Å². The molecule has 0 saturated heterocycles. The van der Waals surface area contributed by atoms with Gasteiger partial charge in [0.2, 0.25) is 0 Å². The molecule has 1 aliphatic heterocycles. The van der Waals surface area contributed by atoms with Crippen molar-refractivity contribution < 1.29 is 14.3 Å². The van der Waals surface area contributed by atoms with Gasteiger partial charge in [0.15, 0.2) is 0 Å². The van der Waals surface area contributed by atoms with Crippen LogP contribution in [0.1, 0.15) is 34.2 Å². The van der Waals surface area contributed by atoms with Crippen LogP contribution >= 0.6 is 11.3 Å². The summed E-state index contributed by atoms with van der Waals surface area (Å²) >= 11 is 1.25. The first kappa shape index (κ1) is 10.9. The highest BCUT2D eigenvalue weighted by Gasteiger charge is 2.30. The number of fused-ring (bicyclic) bond motifs is 1. The number of aromatic nitrogens is 3. The molecule has 1 fully saturated rings. The highest BCUT2D eigenvalue weighted by atomic mass is 32.1. The van der Waals surface area contributed by atoms with Crippen molar-refractivity contribution in [2.45, 2.75) is 25.3 Å². The Hall–Kier alpha value is -2.02. The summed E-state index contributed by atoms with van der Waals surface area (Å²) < 4.78 is 6.52. The molecule has 7 heteroatoms. The minimum atomic E-state index is -0.593. The van der Waals surface area contributed by atoms with Gasteiger partial charge in [0.1, 0.15) is 9.88 Å². The maximum atomic E-state index is 11.6. The molecular formula is C12H9N3O3S. The fraction of sp³-hybridized carbons (Fsp3) is 0.333. The van der Waals surface area contributed by atoms with Crippen LogP contribution in [-0.2, 0) is 16.0 Å². The molecular weight excluding hydrogens is 266 g/mol. The number of hydrogen-bond acceptors (Lipinski definition) is 6. The lowest BCUT2D eigenvalue weighted by molar-refractivity contribution is -0.137. The van der Waals surface area contributed by atoms with E-state index in [1.165, 1.54) is 11.3 Å². The number of carbonyl (C=O) groups excluding carboxylic acids is 2. The Kier molecular flexibility index (Phi) is 2.14. The number of rotatable bonds is 2. The van der Waals surface area contributed by atoms with Gasteiger partial charge in [0, 0.05) is 11.8 Å². The van der Waals surface area contributed by atoms with E-state index in [9.17, 15) is 9.59 Å². The van der Waals surface area contributed by atoms with Crippen molar-refractivity contribution in [3.05, 3.63) is 23.0 Å². The molecule has 1 aliphatic carbocycles. The van der Waals surface area contributed by atoms with Crippen molar-refractivity contribution in [3.8, 4) is 10.6 Å². The number of ether oxygens (including phenoxy) is 1. The van der Waals surface area contributed by atoms with Crippen LogP contribution in [0.3, 0.4) is 0 Å². The molecule has 0 N–H and O–H groups in total. The van der Waals surface area contributed by atoms with E-state index in [1.54, 1.807) is 6.20 Å². The molecule has 19 heavy (non-hydrogen) atoms. The molecule has 0 spiro atoms. The minimum absolute atomic E-state index is 0.0638. The second kappa shape index (κ2) is 3.74. The maximum absolute atomic E-state index is 11.6. The molecule has 2 aromatic heterocycles. The van der Waals surface area contributed by atoms with E-state index in [0.29, 0.717) is 21.6 Å². The van der Waals surface area contributed by atoms with Crippen LogP contribution in [0, 0.1) is 0 Å². The molecule has 2 aromatic rings. The average molecular weight is 275 g/mol. The summed E-state index contributed by atoms with van der Waals surface area (Å²) in [4.78, 5) is 27.5. The number of thiazole rings is 1. The highest BCUT2D eigenvalue weighted by molar-refractivity contribution is 7.17. The second-order valence-corrected chi connectivity index (χ2v) is 5.67. The highest BCUT2D eigenvalue weighted by Crippen LogP contribution is 2.36. The first-order chi connectivity index (χ1) is 9.20. The molecule has 0 amide bonds. The molecule has 0 unspecified atom stereocenters. The lowest BCUT2D eigenvalue weighted by Crippen LogP contribution is -2.21. The molecule has 6 nitrogen and oxygen atoms in total. The van der Waals surface area contributed by atoms with Gasteiger partial charge in [0.05, 0.1) is 24.4 Å². The third-order valence-corrected chi connectivity index (χ3v) is 4.30. The van der Waals surface area contributed by atoms with Crippen molar-refractivity contribution in [1.82, 2.24) is 14.8 Å². The van der Waals surface area contributed by atoms with Gasteiger partial charge in [-0.3, -0.25) is 9.48 Å². The van der Waals surface area contributed by atoms with Crippen LogP contribution in [0.15, 0.2) is 12.4 Å². The maximum Gasteiger partial charge on any atom is 0.357 e. The number of esters is 2. The predicted molar refractivity (Wildman–Crippen MR) is 65.7 cm³/mol. The van der Waals surface area contributed by atoms with E-state index in [2.05, 4.69) is 14.8 Å². The topological polar surface area (TPSA) is 74.1 Å². The summed E-state index contributed by atoms with van der Waals surface area (Å²) in [7, 11) is 0. The van der Waals surface area contributed by atoms with E-state index < -0.39 is 11.9 Å². The van der Waals surface area contributed by atoms with Crippen molar-refractivity contribution in [2.75, 3.05) is 0 Å². The Balaban J connectivity index is 1.73. The molecule has 0 radical (unpaired) electrons. The van der Waals surface area contributed by atoms with Gasteiger partial charge in [-0.25, -0.2) is 9.78 Å². The summed E-state index contributed by atoms with van der Waals surface area (Å²) in [5, 5.41) is 5.01. The van der Waals surface area contributed by atoms with Crippen molar-refractivity contribution in [2.24, 2.45) is 0 Å². The Morgan fingerprint density at radius 1 is 1.37 bits per heavy atom. The fourth-order valence-corrected chi connectivity index (χ4v) is 3.00. The predicted octanol–water partition coefficient (Wildman–Crippen LogP) is 1.58. The zero-order valence-corrected chi connectivity index (χ0v) is 10.6. The van der Waals surface area contributed by atoms with Crippen molar-refractivity contribution in [1.29, 1.82) is 0 Å². The van der Waals surface area contributed by atoms with Crippen LogP contribution in [-0.4, -0.2) is 26.7 Å². The summed E-state index contributed by atoms with van der Waals surface area (Å²) in [5.41, 5.74) is 1.40. The van der Waals surface area contributed by atoms with Gasteiger partial charge in [0.25, 0.3) is 0 Å². The first-order valence-corrected chi connectivity index (χ1v) is 6.81. The van der Waals surface area contributed by atoms with Gasteiger partial charge in [-0.15, -0.1) is 11.3 Å². The molecule has 96 valence electrons. The largest absolute Gasteiger partial charge is 0.388 e. The van der Waals surface area contributed by atoms with E-state index in [1.807, 2.05) is 10.9 Å². The zero-order valence-electron chi connectivity index (χ0n) is 9.83. The van der Waals surface area contributed by atoms with Crippen LogP contribution in [0.25, 0.3) is 10.6 Å². The molecule has 0 aromatic carbocycles. The van der Waals surface area contributed by atoms with Gasteiger partial charge in [-0.1, -0.05) is 0 Å². The average Bonchev–Trinajstić information content (AvgIpc) is 2.94. The molecule has 2 aliphatic rings. The molecule has 4 rings (SSSR count). The van der Waals surface area contributed by atoms with Crippen LogP contribution in [0.4, 0.5) is 0 Å².